The first-order valence-electron chi connectivity index (χ1n) is 9.38. The first-order chi connectivity index (χ1) is 12.4. The molecule has 26 heavy (non-hydrogen) atoms. The van der Waals surface area contributed by atoms with Crippen molar-refractivity contribution < 1.29 is 9.59 Å². The molecule has 3 fully saturated rings. The monoisotopic (exact) mass is 357 g/mol. The van der Waals surface area contributed by atoms with Crippen molar-refractivity contribution in [2.24, 2.45) is 0 Å². The summed E-state index contributed by atoms with van der Waals surface area (Å²) in [4.78, 5) is 33.0. The van der Waals surface area contributed by atoms with E-state index in [4.69, 9.17) is 0 Å². The van der Waals surface area contributed by atoms with Crippen LogP contribution >= 0.6 is 0 Å². The van der Waals surface area contributed by atoms with Crippen molar-refractivity contribution in [3.8, 4) is 0 Å². The Morgan fingerprint density at radius 3 is 2.62 bits per heavy atom. The lowest BCUT2D eigenvalue weighted by Gasteiger charge is -2.43. The lowest BCUT2D eigenvalue weighted by molar-refractivity contribution is -0.138. The van der Waals surface area contributed by atoms with E-state index in [0.29, 0.717) is 6.54 Å². The summed E-state index contributed by atoms with van der Waals surface area (Å²) in [5.74, 6) is -0.0856. The Labute approximate surface area is 154 Å². The second-order valence-corrected chi connectivity index (χ2v) is 7.46. The van der Waals surface area contributed by atoms with Gasteiger partial charge in [-0.15, -0.1) is 0 Å². The molecule has 1 N–H and O–H groups in total. The third-order valence-electron chi connectivity index (χ3n) is 6.01. The van der Waals surface area contributed by atoms with E-state index < -0.39 is 0 Å². The number of rotatable bonds is 2. The Kier molecular flexibility index (Phi) is 4.16. The third-order valence-corrected chi connectivity index (χ3v) is 6.01. The van der Waals surface area contributed by atoms with Crippen molar-refractivity contribution in [3.05, 3.63) is 29.3 Å². The van der Waals surface area contributed by atoms with E-state index in [1.807, 2.05) is 6.92 Å². The summed E-state index contributed by atoms with van der Waals surface area (Å²) >= 11 is 0. The minimum Gasteiger partial charge on any atom is -0.343 e. The number of fused-ring (bicyclic) bond motifs is 3. The Morgan fingerprint density at radius 2 is 1.92 bits per heavy atom. The number of amides is 3. The largest absolute Gasteiger partial charge is 0.343 e. The number of carbonyl (C=O) groups is 2. The van der Waals surface area contributed by atoms with Crippen LogP contribution in [0.25, 0.3) is 0 Å². The summed E-state index contributed by atoms with van der Waals surface area (Å²) in [6, 6.07) is 5.95. The summed E-state index contributed by atoms with van der Waals surface area (Å²) in [7, 11) is 1.78. The van der Waals surface area contributed by atoms with Crippen molar-refractivity contribution in [1.82, 2.24) is 20.0 Å². The molecule has 7 nitrogen and oxygen atoms in total. The number of imide groups is 1. The molecule has 0 radical (unpaired) electrons. The predicted octanol–water partition coefficient (Wildman–Crippen LogP) is 1.31. The maximum Gasteiger partial charge on any atom is 0.327 e. The van der Waals surface area contributed by atoms with Crippen molar-refractivity contribution in [2.45, 2.75) is 45.7 Å². The quantitative estimate of drug-likeness (QED) is 0.865. The van der Waals surface area contributed by atoms with E-state index in [1.54, 1.807) is 11.9 Å². The normalized spacial score (nSPS) is 29.2. The van der Waals surface area contributed by atoms with Crippen molar-refractivity contribution in [2.75, 3.05) is 31.6 Å². The molecule has 0 aromatic heterocycles. The standard InChI is InChI=1S/C19H27N5O2/c1-5-22-17(25)15-16(21(4)19(22)26)20-18-23(9-6-10-24(15)18)14-8-7-12(2)13(3)11-14/h7-8,11,15-16,18,20H,5-6,9-10H2,1-4H3. The summed E-state index contributed by atoms with van der Waals surface area (Å²) in [5, 5.41) is 3.54. The summed E-state index contributed by atoms with van der Waals surface area (Å²) in [6.07, 6.45) is 0.637. The average Bonchev–Trinajstić information content (AvgIpc) is 3.02. The minimum atomic E-state index is -0.322. The van der Waals surface area contributed by atoms with Crippen LogP contribution in [0, 0.1) is 13.8 Å². The maximum absolute atomic E-state index is 13.0. The molecule has 7 heteroatoms. The van der Waals surface area contributed by atoms with Gasteiger partial charge in [0.2, 0.25) is 0 Å². The number of benzene rings is 1. The van der Waals surface area contributed by atoms with Gasteiger partial charge in [-0.1, -0.05) is 6.07 Å². The fraction of sp³-hybridized carbons (Fsp3) is 0.579. The number of likely N-dealkylation sites (N-methyl/N-ethyl adjacent to an activating group) is 2. The van der Waals surface area contributed by atoms with E-state index in [2.05, 4.69) is 47.2 Å². The number of urea groups is 1. The highest BCUT2D eigenvalue weighted by molar-refractivity contribution is 6.00. The maximum atomic E-state index is 13.0. The zero-order valence-corrected chi connectivity index (χ0v) is 15.9. The van der Waals surface area contributed by atoms with Crippen LogP contribution in [0.5, 0.6) is 0 Å². The first kappa shape index (κ1) is 17.3. The topological polar surface area (TPSA) is 59.1 Å². The lowest BCUT2D eigenvalue weighted by Crippen LogP contribution is -2.66. The van der Waals surface area contributed by atoms with Crippen molar-refractivity contribution >= 4 is 17.6 Å². The molecule has 0 spiro atoms. The molecule has 140 valence electrons. The van der Waals surface area contributed by atoms with E-state index in [0.717, 1.165) is 25.2 Å². The van der Waals surface area contributed by atoms with Crippen molar-refractivity contribution in [3.63, 3.8) is 0 Å². The van der Waals surface area contributed by atoms with Crippen LogP contribution in [0.15, 0.2) is 18.2 Å². The van der Waals surface area contributed by atoms with Crippen LogP contribution in [0.1, 0.15) is 24.5 Å². The SMILES string of the molecule is CCN1C(=O)C2C(NC3N(c4ccc(C)c(C)c4)CCCN23)N(C)C1=O. The second kappa shape index (κ2) is 6.25. The zero-order valence-electron chi connectivity index (χ0n) is 15.9. The fourth-order valence-corrected chi connectivity index (χ4v) is 4.38. The number of anilines is 1. The fourth-order valence-electron chi connectivity index (χ4n) is 4.38. The molecule has 1 aromatic carbocycles. The first-order valence-corrected chi connectivity index (χ1v) is 9.38. The molecule has 3 saturated heterocycles. The molecule has 3 amide bonds. The van der Waals surface area contributed by atoms with E-state index in [1.165, 1.54) is 16.0 Å². The number of hydrogen-bond acceptors (Lipinski definition) is 5. The number of aryl methyl sites for hydroxylation is 2. The minimum absolute atomic E-state index is 0.0723. The molecule has 3 aliphatic rings. The number of nitrogens with one attached hydrogen (secondary N) is 1. The van der Waals surface area contributed by atoms with Crippen LogP contribution in [0.3, 0.4) is 0 Å². The van der Waals surface area contributed by atoms with Gasteiger partial charge in [-0.2, -0.15) is 0 Å². The highest BCUT2D eigenvalue weighted by Gasteiger charge is 2.55. The summed E-state index contributed by atoms with van der Waals surface area (Å²) < 4.78 is 0. The van der Waals surface area contributed by atoms with Gasteiger partial charge >= 0.3 is 6.03 Å². The van der Waals surface area contributed by atoms with Gasteiger partial charge in [-0.3, -0.25) is 19.9 Å². The zero-order chi connectivity index (χ0) is 18.6. The van der Waals surface area contributed by atoms with Crippen LogP contribution in [-0.4, -0.2) is 71.8 Å². The number of nitrogens with zero attached hydrogens (tertiary/aromatic N) is 4. The Bertz CT molecular complexity index is 751. The molecule has 3 heterocycles. The summed E-state index contributed by atoms with van der Waals surface area (Å²) in [6.45, 7) is 8.27. The molecule has 4 rings (SSSR count). The van der Waals surface area contributed by atoms with Gasteiger partial charge in [0.25, 0.3) is 5.91 Å². The number of hydrogen-bond donors (Lipinski definition) is 1. The Morgan fingerprint density at radius 1 is 1.15 bits per heavy atom. The highest BCUT2D eigenvalue weighted by Crippen LogP contribution is 2.33. The Balaban J connectivity index is 1.68. The van der Waals surface area contributed by atoms with Gasteiger partial charge in [-0.05, 0) is 50.5 Å². The van der Waals surface area contributed by atoms with E-state index in [9.17, 15) is 9.59 Å². The molecule has 3 aliphatic heterocycles. The van der Waals surface area contributed by atoms with Crippen LogP contribution in [0.2, 0.25) is 0 Å². The molecule has 3 unspecified atom stereocenters. The van der Waals surface area contributed by atoms with Gasteiger partial charge in [-0.25, -0.2) is 4.79 Å². The molecular formula is C19H27N5O2. The van der Waals surface area contributed by atoms with Gasteiger partial charge < -0.3 is 9.80 Å². The molecule has 1 aromatic rings. The van der Waals surface area contributed by atoms with E-state index >= 15 is 0 Å². The van der Waals surface area contributed by atoms with Crippen LogP contribution in [-0.2, 0) is 4.79 Å². The van der Waals surface area contributed by atoms with Crippen LogP contribution in [0.4, 0.5) is 10.5 Å². The third kappa shape index (κ3) is 2.41. The molecule has 3 atom stereocenters. The van der Waals surface area contributed by atoms with E-state index in [-0.39, 0.29) is 30.4 Å². The van der Waals surface area contributed by atoms with Gasteiger partial charge in [0.05, 0.1) is 0 Å². The predicted molar refractivity (Wildman–Crippen MR) is 99.6 cm³/mol. The Hall–Kier alpha value is -2.12. The smallest absolute Gasteiger partial charge is 0.327 e. The lowest BCUT2D eigenvalue weighted by atomic mass is 10.1. The average molecular weight is 357 g/mol. The molecule has 0 bridgehead atoms. The van der Waals surface area contributed by atoms with Gasteiger partial charge in [0.1, 0.15) is 18.5 Å². The van der Waals surface area contributed by atoms with Gasteiger partial charge in [0, 0.05) is 32.4 Å². The molecular weight excluding hydrogens is 330 g/mol. The number of carbonyl (C=O) groups excluding carboxylic acids is 2. The van der Waals surface area contributed by atoms with Crippen LogP contribution < -0.4 is 10.2 Å². The van der Waals surface area contributed by atoms with Crippen molar-refractivity contribution in [1.29, 1.82) is 0 Å². The highest BCUT2D eigenvalue weighted by atomic mass is 16.2. The molecule has 0 aliphatic carbocycles. The second-order valence-electron chi connectivity index (χ2n) is 7.46. The summed E-state index contributed by atoms with van der Waals surface area (Å²) in [5.41, 5.74) is 3.69. The van der Waals surface area contributed by atoms with Gasteiger partial charge in [0.15, 0.2) is 0 Å². The molecule has 0 saturated carbocycles.